The summed E-state index contributed by atoms with van der Waals surface area (Å²) < 4.78 is 19.7. The number of ether oxygens (including phenoxy) is 1. The topological polar surface area (TPSA) is 75.6 Å². The first-order chi connectivity index (χ1) is 14.7. The number of hydrogen-bond acceptors (Lipinski definition) is 3. The zero-order valence-electron chi connectivity index (χ0n) is 16.4. The Hall–Kier alpha value is -3.09. The zero-order chi connectivity index (χ0) is 22.5. The van der Waals surface area contributed by atoms with Crippen LogP contribution in [0.3, 0.4) is 0 Å². The van der Waals surface area contributed by atoms with E-state index in [1.807, 2.05) is 0 Å². The van der Waals surface area contributed by atoms with Crippen LogP contribution in [0, 0.1) is 5.82 Å². The molecule has 0 heterocycles. The average Bonchev–Trinajstić information content (AvgIpc) is 2.73. The molecule has 1 amide bonds. The molecule has 0 aliphatic heterocycles. The fourth-order valence-corrected chi connectivity index (χ4v) is 3.20. The van der Waals surface area contributed by atoms with Crippen molar-refractivity contribution < 1.29 is 23.8 Å². The lowest BCUT2D eigenvalue weighted by atomic mass is 10.1. The third-order valence-corrected chi connectivity index (χ3v) is 5.06. The standard InChI is InChI=1S/C23H18Cl2FNO4/c1-13(14-2-4-15(5-3-14)23(29)30)27-22(28)19-10-17(24)8-9-21(19)31-12-16-6-7-18(25)11-20(16)26/h2-11,13H,12H2,1H3,(H,27,28)(H,29,30). The van der Waals surface area contributed by atoms with Crippen LogP contribution >= 0.6 is 23.2 Å². The number of hydrogen-bond donors (Lipinski definition) is 2. The largest absolute Gasteiger partial charge is 0.488 e. The Kier molecular flexibility index (Phi) is 7.15. The summed E-state index contributed by atoms with van der Waals surface area (Å²) in [5, 5.41) is 12.4. The number of carbonyl (C=O) groups is 2. The number of halogens is 3. The molecule has 8 heteroatoms. The van der Waals surface area contributed by atoms with Crippen molar-refractivity contribution in [2.75, 3.05) is 0 Å². The number of benzene rings is 3. The summed E-state index contributed by atoms with van der Waals surface area (Å²) in [6.45, 7) is 1.67. The quantitative estimate of drug-likeness (QED) is 0.459. The van der Waals surface area contributed by atoms with E-state index in [4.69, 9.17) is 33.0 Å². The fourth-order valence-electron chi connectivity index (χ4n) is 2.87. The van der Waals surface area contributed by atoms with Gasteiger partial charge in [-0.1, -0.05) is 41.4 Å². The molecule has 0 radical (unpaired) electrons. The summed E-state index contributed by atoms with van der Waals surface area (Å²) in [5.41, 5.74) is 1.36. The van der Waals surface area contributed by atoms with Crippen molar-refractivity contribution in [3.05, 3.63) is 98.8 Å². The molecule has 3 rings (SSSR count). The van der Waals surface area contributed by atoms with Gasteiger partial charge in [-0.25, -0.2) is 9.18 Å². The SMILES string of the molecule is CC(NC(=O)c1cc(Cl)ccc1OCc1ccc(Cl)cc1F)c1ccc(C(=O)O)cc1. The molecule has 1 atom stereocenters. The molecular weight excluding hydrogens is 444 g/mol. The molecule has 0 saturated carbocycles. The highest BCUT2D eigenvalue weighted by Gasteiger charge is 2.17. The van der Waals surface area contributed by atoms with Gasteiger partial charge in [0, 0.05) is 15.6 Å². The lowest BCUT2D eigenvalue weighted by Gasteiger charge is -2.17. The Morgan fingerprint density at radius 3 is 2.32 bits per heavy atom. The molecule has 0 saturated heterocycles. The Morgan fingerprint density at radius 2 is 1.68 bits per heavy atom. The van der Waals surface area contributed by atoms with Gasteiger partial charge in [-0.3, -0.25) is 4.79 Å². The highest BCUT2D eigenvalue weighted by Crippen LogP contribution is 2.26. The van der Waals surface area contributed by atoms with Crippen molar-refractivity contribution in [3.63, 3.8) is 0 Å². The summed E-state index contributed by atoms with van der Waals surface area (Å²) in [4.78, 5) is 23.9. The minimum atomic E-state index is -1.03. The van der Waals surface area contributed by atoms with Crippen LogP contribution in [0.25, 0.3) is 0 Å². The van der Waals surface area contributed by atoms with E-state index in [0.717, 1.165) is 5.56 Å². The van der Waals surface area contributed by atoms with Crippen LogP contribution in [0.2, 0.25) is 10.0 Å². The van der Waals surface area contributed by atoms with Crippen LogP contribution in [0.5, 0.6) is 5.75 Å². The molecule has 0 fully saturated rings. The summed E-state index contributed by atoms with van der Waals surface area (Å²) in [5.74, 6) is -1.74. The second kappa shape index (κ2) is 9.81. The van der Waals surface area contributed by atoms with Crippen LogP contribution in [0.1, 0.15) is 44.8 Å². The molecular formula is C23H18Cl2FNO4. The maximum atomic E-state index is 14.0. The first kappa shape index (κ1) is 22.6. The molecule has 0 spiro atoms. The van der Waals surface area contributed by atoms with Crippen molar-refractivity contribution in [1.82, 2.24) is 5.32 Å². The van der Waals surface area contributed by atoms with Crippen LogP contribution in [-0.2, 0) is 6.61 Å². The third-order valence-electron chi connectivity index (χ3n) is 4.59. The van der Waals surface area contributed by atoms with Crippen molar-refractivity contribution in [2.24, 2.45) is 0 Å². The molecule has 0 aliphatic carbocycles. The molecule has 0 aliphatic rings. The number of carboxylic acid groups (broad SMARTS) is 1. The van der Waals surface area contributed by atoms with Gasteiger partial charge < -0.3 is 15.2 Å². The Labute approximate surface area is 188 Å². The monoisotopic (exact) mass is 461 g/mol. The van der Waals surface area contributed by atoms with Crippen molar-refractivity contribution in [3.8, 4) is 5.75 Å². The van der Waals surface area contributed by atoms with Gasteiger partial charge in [0.2, 0.25) is 0 Å². The summed E-state index contributed by atoms with van der Waals surface area (Å²) in [7, 11) is 0. The van der Waals surface area contributed by atoms with Gasteiger partial charge in [-0.15, -0.1) is 0 Å². The number of nitrogens with one attached hydrogen (secondary N) is 1. The molecule has 0 aromatic heterocycles. The predicted octanol–water partition coefficient (Wildman–Crippen LogP) is 5.90. The van der Waals surface area contributed by atoms with E-state index in [1.54, 1.807) is 31.2 Å². The molecule has 2 N–H and O–H groups in total. The van der Waals surface area contributed by atoms with Crippen LogP contribution < -0.4 is 10.1 Å². The second-order valence-corrected chi connectivity index (χ2v) is 7.66. The maximum absolute atomic E-state index is 14.0. The van der Waals surface area contributed by atoms with Gasteiger partial charge in [-0.2, -0.15) is 0 Å². The summed E-state index contributed by atoms with van der Waals surface area (Å²) in [6.07, 6.45) is 0. The van der Waals surface area contributed by atoms with E-state index in [9.17, 15) is 14.0 Å². The van der Waals surface area contributed by atoms with E-state index in [2.05, 4.69) is 5.32 Å². The van der Waals surface area contributed by atoms with Gasteiger partial charge in [0.05, 0.1) is 17.2 Å². The zero-order valence-corrected chi connectivity index (χ0v) is 17.9. The number of carboxylic acids is 1. The maximum Gasteiger partial charge on any atom is 0.335 e. The average molecular weight is 462 g/mol. The highest BCUT2D eigenvalue weighted by molar-refractivity contribution is 6.31. The molecule has 5 nitrogen and oxygen atoms in total. The van der Waals surface area contributed by atoms with E-state index >= 15 is 0 Å². The van der Waals surface area contributed by atoms with Gasteiger partial charge in [0.1, 0.15) is 18.2 Å². The van der Waals surface area contributed by atoms with Crippen molar-refractivity contribution >= 4 is 35.1 Å². The second-order valence-electron chi connectivity index (χ2n) is 6.79. The Bertz CT molecular complexity index is 1120. The van der Waals surface area contributed by atoms with Crippen LogP contribution in [0.15, 0.2) is 60.7 Å². The molecule has 31 heavy (non-hydrogen) atoms. The van der Waals surface area contributed by atoms with Gasteiger partial charge in [-0.05, 0) is 55.0 Å². The first-order valence-corrected chi connectivity index (χ1v) is 10.0. The normalized spacial score (nSPS) is 11.6. The van der Waals surface area contributed by atoms with E-state index < -0.39 is 23.7 Å². The minimum absolute atomic E-state index is 0.100. The number of aromatic carboxylic acids is 1. The van der Waals surface area contributed by atoms with E-state index in [0.29, 0.717) is 5.02 Å². The van der Waals surface area contributed by atoms with Crippen molar-refractivity contribution in [1.29, 1.82) is 0 Å². The van der Waals surface area contributed by atoms with Crippen LogP contribution in [-0.4, -0.2) is 17.0 Å². The van der Waals surface area contributed by atoms with E-state index in [-0.39, 0.29) is 34.1 Å². The molecule has 1 unspecified atom stereocenters. The Morgan fingerprint density at radius 1 is 1.03 bits per heavy atom. The van der Waals surface area contributed by atoms with E-state index in [1.165, 1.54) is 36.4 Å². The van der Waals surface area contributed by atoms with Gasteiger partial charge in [0.25, 0.3) is 5.91 Å². The predicted molar refractivity (Wildman–Crippen MR) is 116 cm³/mol. The Balaban J connectivity index is 1.75. The minimum Gasteiger partial charge on any atom is -0.488 e. The number of amides is 1. The van der Waals surface area contributed by atoms with Gasteiger partial charge >= 0.3 is 5.97 Å². The molecule has 3 aromatic carbocycles. The summed E-state index contributed by atoms with van der Waals surface area (Å²) in [6, 6.07) is 14.6. The lowest BCUT2D eigenvalue weighted by Crippen LogP contribution is -2.27. The first-order valence-electron chi connectivity index (χ1n) is 9.25. The number of rotatable bonds is 7. The summed E-state index contributed by atoms with van der Waals surface area (Å²) >= 11 is 11.8. The third kappa shape index (κ3) is 5.75. The highest BCUT2D eigenvalue weighted by atomic mass is 35.5. The lowest BCUT2D eigenvalue weighted by molar-refractivity contribution is 0.0696. The molecule has 3 aromatic rings. The van der Waals surface area contributed by atoms with Crippen molar-refractivity contribution in [2.45, 2.75) is 19.6 Å². The fraction of sp³-hybridized carbons (Fsp3) is 0.130. The molecule has 160 valence electrons. The number of carbonyl (C=O) groups excluding carboxylic acids is 1. The molecule has 0 bridgehead atoms. The van der Waals surface area contributed by atoms with Gasteiger partial charge in [0.15, 0.2) is 0 Å². The van der Waals surface area contributed by atoms with Crippen LogP contribution in [0.4, 0.5) is 4.39 Å². The smallest absolute Gasteiger partial charge is 0.335 e.